The predicted molar refractivity (Wildman–Crippen MR) is 92.7 cm³/mol. The maximum Gasteiger partial charge on any atom is 0.227 e. The number of nitrogens with zero attached hydrogens (tertiary/aromatic N) is 2. The fourth-order valence-electron chi connectivity index (χ4n) is 3.60. The molecule has 3 rings (SSSR count). The minimum absolute atomic E-state index is 0.0575. The zero-order chi connectivity index (χ0) is 16.9. The quantitative estimate of drug-likeness (QED) is 0.910. The number of benzene rings is 1. The van der Waals surface area contributed by atoms with E-state index < -0.39 is 6.10 Å². The van der Waals surface area contributed by atoms with Crippen molar-refractivity contribution in [3.8, 4) is 0 Å². The van der Waals surface area contributed by atoms with Crippen LogP contribution in [0.25, 0.3) is 0 Å². The lowest BCUT2D eigenvalue weighted by molar-refractivity contribution is -0.141. The van der Waals surface area contributed by atoms with Crippen LogP contribution in [0.3, 0.4) is 0 Å². The molecule has 2 saturated heterocycles. The van der Waals surface area contributed by atoms with Crippen LogP contribution in [0.5, 0.6) is 0 Å². The van der Waals surface area contributed by atoms with Gasteiger partial charge in [0.1, 0.15) is 0 Å². The number of β-amino-alcohol motifs (C(OH)–C–C–N with tert-alkyl or cyclic N) is 1. The molecule has 2 aliphatic heterocycles. The van der Waals surface area contributed by atoms with Gasteiger partial charge in [0.05, 0.1) is 25.2 Å². The highest BCUT2D eigenvalue weighted by molar-refractivity contribution is 5.79. The number of carbonyl (C=O) groups is 1. The van der Waals surface area contributed by atoms with Gasteiger partial charge in [-0.15, -0.1) is 0 Å². The normalized spacial score (nSPS) is 23.9. The standard InChI is InChI=1S/C19H28N2O3/c1-15-4-6-16(7-5-15)18(22)14-20-8-2-3-17(13-20)19(23)21-9-11-24-12-10-21/h4-7,17-18,22H,2-3,8-14H2,1H3. The van der Waals surface area contributed by atoms with Crippen molar-refractivity contribution in [3.63, 3.8) is 0 Å². The van der Waals surface area contributed by atoms with Crippen molar-refractivity contribution in [1.29, 1.82) is 0 Å². The van der Waals surface area contributed by atoms with E-state index in [1.165, 1.54) is 5.56 Å². The molecule has 2 heterocycles. The monoisotopic (exact) mass is 332 g/mol. The molecular formula is C19H28N2O3. The highest BCUT2D eigenvalue weighted by Crippen LogP contribution is 2.22. The molecule has 2 aliphatic rings. The van der Waals surface area contributed by atoms with E-state index in [0.717, 1.165) is 31.5 Å². The fraction of sp³-hybridized carbons (Fsp3) is 0.632. The molecule has 1 amide bonds. The molecule has 2 unspecified atom stereocenters. The van der Waals surface area contributed by atoms with Gasteiger partial charge >= 0.3 is 0 Å². The Balaban J connectivity index is 1.54. The maximum atomic E-state index is 12.7. The highest BCUT2D eigenvalue weighted by Gasteiger charge is 2.30. The molecule has 0 radical (unpaired) electrons. The van der Waals surface area contributed by atoms with Crippen LogP contribution in [0.4, 0.5) is 0 Å². The van der Waals surface area contributed by atoms with Crippen molar-refractivity contribution in [2.75, 3.05) is 45.9 Å². The Morgan fingerprint density at radius 3 is 2.67 bits per heavy atom. The summed E-state index contributed by atoms with van der Waals surface area (Å²) in [6, 6.07) is 8.03. The number of morpholine rings is 1. The van der Waals surface area contributed by atoms with Gasteiger partial charge in [-0.2, -0.15) is 0 Å². The number of hydrogen-bond acceptors (Lipinski definition) is 4. The van der Waals surface area contributed by atoms with Gasteiger partial charge in [-0.05, 0) is 31.9 Å². The van der Waals surface area contributed by atoms with Crippen LogP contribution in [-0.4, -0.2) is 66.8 Å². The smallest absolute Gasteiger partial charge is 0.227 e. The number of hydrogen-bond donors (Lipinski definition) is 1. The van der Waals surface area contributed by atoms with Crippen LogP contribution in [0.15, 0.2) is 24.3 Å². The van der Waals surface area contributed by atoms with Gasteiger partial charge in [-0.25, -0.2) is 0 Å². The SMILES string of the molecule is Cc1ccc(C(O)CN2CCCC(C(=O)N3CCOCC3)C2)cc1. The highest BCUT2D eigenvalue weighted by atomic mass is 16.5. The molecule has 0 aliphatic carbocycles. The average molecular weight is 332 g/mol. The largest absolute Gasteiger partial charge is 0.387 e. The molecule has 1 aromatic carbocycles. The first-order valence-corrected chi connectivity index (χ1v) is 8.97. The van der Waals surface area contributed by atoms with Crippen LogP contribution < -0.4 is 0 Å². The molecule has 0 spiro atoms. The maximum absolute atomic E-state index is 12.7. The Morgan fingerprint density at radius 2 is 1.96 bits per heavy atom. The van der Waals surface area contributed by atoms with E-state index >= 15 is 0 Å². The Hall–Kier alpha value is -1.43. The molecule has 0 aromatic heterocycles. The van der Waals surface area contributed by atoms with Gasteiger partial charge in [-0.1, -0.05) is 29.8 Å². The molecule has 5 heteroatoms. The summed E-state index contributed by atoms with van der Waals surface area (Å²) in [6.07, 6.45) is 1.47. The van der Waals surface area contributed by atoms with E-state index in [0.29, 0.717) is 32.8 Å². The number of piperidine rings is 1. The number of aryl methyl sites for hydroxylation is 1. The first-order chi connectivity index (χ1) is 11.6. The summed E-state index contributed by atoms with van der Waals surface area (Å²) in [5.41, 5.74) is 2.14. The summed E-state index contributed by atoms with van der Waals surface area (Å²) < 4.78 is 5.33. The molecule has 1 N–H and O–H groups in total. The van der Waals surface area contributed by atoms with E-state index in [1.807, 2.05) is 36.1 Å². The number of aliphatic hydroxyl groups is 1. The molecule has 5 nitrogen and oxygen atoms in total. The fourth-order valence-corrected chi connectivity index (χ4v) is 3.60. The lowest BCUT2D eigenvalue weighted by Gasteiger charge is -2.36. The lowest BCUT2D eigenvalue weighted by Crippen LogP contribution is -2.48. The molecule has 0 bridgehead atoms. The first kappa shape index (κ1) is 17.4. The molecule has 2 atom stereocenters. The second kappa shape index (κ2) is 8.10. The van der Waals surface area contributed by atoms with Gasteiger partial charge in [0, 0.05) is 26.2 Å². The Morgan fingerprint density at radius 1 is 1.25 bits per heavy atom. The van der Waals surface area contributed by atoms with Gasteiger partial charge in [0.15, 0.2) is 0 Å². The van der Waals surface area contributed by atoms with Crippen molar-refractivity contribution >= 4 is 5.91 Å². The molecular weight excluding hydrogens is 304 g/mol. The number of rotatable bonds is 4. The third kappa shape index (κ3) is 4.35. The summed E-state index contributed by atoms with van der Waals surface area (Å²) in [7, 11) is 0. The van der Waals surface area contributed by atoms with Crippen LogP contribution in [0.2, 0.25) is 0 Å². The average Bonchev–Trinajstić information content (AvgIpc) is 2.62. The third-order valence-electron chi connectivity index (χ3n) is 5.07. The van der Waals surface area contributed by atoms with Crippen molar-refractivity contribution in [1.82, 2.24) is 9.80 Å². The van der Waals surface area contributed by atoms with Gasteiger partial charge < -0.3 is 14.7 Å². The minimum atomic E-state index is -0.497. The third-order valence-corrected chi connectivity index (χ3v) is 5.07. The number of amides is 1. The van der Waals surface area contributed by atoms with Crippen LogP contribution in [0, 0.1) is 12.8 Å². The van der Waals surface area contributed by atoms with Gasteiger partial charge in [0.2, 0.25) is 5.91 Å². The van der Waals surface area contributed by atoms with Gasteiger partial charge in [-0.3, -0.25) is 9.69 Å². The Bertz CT molecular complexity index is 540. The molecule has 2 fully saturated rings. The van der Waals surface area contributed by atoms with Crippen molar-refractivity contribution < 1.29 is 14.6 Å². The zero-order valence-corrected chi connectivity index (χ0v) is 14.5. The molecule has 24 heavy (non-hydrogen) atoms. The van der Waals surface area contributed by atoms with Crippen molar-refractivity contribution in [2.45, 2.75) is 25.9 Å². The van der Waals surface area contributed by atoms with E-state index in [-0.39, 0.29) is 11.8 Å². The minimum Gasteiger partial charge on any atom is -0.387 e. The number of carbonyl (C=O) groups excluding carboxylic acids is 1. The Labute approximate surface area is 144 Å². The number of aliphatic hydroxyl groups excluding tert-OH is 1. The summed E-state index contributed by atoms with van der Waals surface area (Å²) in [5, 5.41) is 10.5. The number of ether oxygens (including phenoxy) is 1. The zero-order valence-electron chi connectivity index (χ0n) is 14.5. The molecule has 1 aromatic rings. The van der Waals surface area contributed by atoms with Crippen molar-refractivity contribution in [3.05, 3.63) is 35.4 Å². The molecule has 0 saturated carbocycles. The van der Waals surface area contributed by atoms with Crippen molar-refractivity contribution in [2.24, 2.45) is 5.92 Å². The van der Waals surface area contributed by atoms with Crippen LogP contribution in [-0.2, 0) is 9.53 Å². The summed E-state index contributed by atoms with van der Waals surface area (Å²) >= 11 is 0. The summed E-state index contributed by atoms with van der Waals surface area (Å²) in [5.74, 6) is 0.315. The first-order valence-electron chi connectivity index (χ1n) is 8.97. The van der Waals surface area contributed by atoms with Crippen LogP contribution >= 0.6 is 0 Å². The van der Waals surface area contributed by atoms with E-state index in [1.54, 1.807) is 0 Å². The second-order valence-corrected chi connectivity index (χ2v) is 6.96. The van der Waals surface area contributed by atoms with Crippen LogP contribution in [0.1, 0.15) is 30.1 Å². The topological polar surface area (TPSA) is 53.0 Å². The molecule has 132 valence electrons. The summed E-state index contributed by atoms with van der Waals surface area (Å²) in [6.45, 7) is 7.05. The Kier molecular flexibility index (Phi) is 5.87. The lowest BCUT2D eigenvalue weighted by atomic mass is 9.95. The summed E-state index contributed by atoms with van der Waals surface area (Å²) in [4.78, 5) is 16.8. The predicted octanol–water partition coefficient (Wildman–Crippen LogP) is 1.60. The van der Waals surface area contributed by atoms with Gasteiger partial charge in [0.25, 0.3) is 0 Å². The number of likely N-dealkylation sites (tertiary alicyclic amines) is 1. The second-order valence-electron chi connectivity index (χ2n) is 6.96. The van der Waals surface area contributed by atoms with E-state index in [4.69, 9.17) is 4.74 Å². The van der Waals surface area contributed by atoms with E-state index in [2.05, 4.69) is 4.90 Å². The van der Waals surface area contributed by atoms with E-state index in [9.17, 15) is 9.90 Å².